The van der Waals surface area contributed by atoms with Gasteiger partial charge in [0.1, 0.15) is 12.2 Å². The van der Waals surface area contributed by atoms with Gasteiger partial charge in [0.05, 0.1) is 0 Å². The molecule has 76 valence electrons. The lowest BCUT2D eigenvalue weighted by Gasteiger charge is -2.21. The van der Waals surface area contributed by atoms with E-state index in [2.05, 4.69) is 0 Å². The number of hydrogen-bond acceptors (Lipinski definition) is 5. The van der Waals surface area contributed by atoms with E-state index in [-0.39, 0.29) is 0 Å². The Hall–Kier alpha value is -0.200. The second-order valence-electron chi connectivity index (χ2n) is 3.70. The molecule has 0 amide bonds. The zero-order valence-electron chi connectivity index (χ0n) is 7.89. The summed E-state index contributed by atoms with van der Waals surface area (Å²) in [5.41, 5.74) is 0. The number of fused-ring (bicyclic) bond motifs is 1. The quantitative estimate of drug-likeness (QED) is 0.622. The van der Waals surface area contributed by atoms with Crippen molar-refractivity contribution < 1.29 is 24.1 Å². The van der Waals surface area contributed by atoms with Crippen molar-refractivity contribution in [3.05, 3.63) is 0 Å². The molecule has 2 aliphatic heterocycles. The number of hydrogen-bond donors (Lipinski definition) is 1. The molecule has 2 rings (SSSR count). The predicted molar refractivity (Wildman–Crippen MR) is 41.7 cm³/mol. The van der Waals surface area contributed by atoms with E-state index in [1.165, 1.54) is 7.11 Å². The van der Waals surface area contributed by atoms with Crippen LogP contribution in [0.15, 0.2) is 0 Å². The molecule has 0 aromatic carbocycles. The molecule has 2 fully saturated rings. The lowest BCUT2D eigenvalue weighted by atomic mass is 10.2. The molecule has 13 heavy (non-hydrogen) atoms. The zero-order chi connectivity index (χ0) is 9.64. The molecule has 2 aliphatic rings. The third-order valence-electron chi connectivity index (χ3n) is 2.20. The standard InChI is InChI=1S/C8H14O5/c1-8(2)12-5-4(9)6(10-3)11-7(5)13-8/h4-7,9H,1-3H3/t4-,5?,6?,7?/m1/s1. The maximum Gasteiger partial charge on any atom is 0.193 e. The molecule has 0 bridgehead atoms. The molecule has 0 spiro atoms. The molecular formula is C8H14O5. The van der Waals surface area contributed by atoms with E-state index in [1.54, 1.807) is 13.8 Å². The van der Waals surface area contributed by atoms with Crippen molar-refractivity contribution in [2.75, 3.05) is 7.11 Å². The van der Waals surface area contributed by atoms with Gasteiger partial charge < -0.3 is 24.1 Å². The van der Waals surface area contributed by atoms with Crippen LogP contribution >= 0.6 is 0 Å². The van der Waals surface area contributed by atoms with Crippen LogP contribution in [0.2, 0.25) is 0 Å². The Morgan fingerprint density at radius 1 is 1.31 bits per heavy atom. The van der Waals surface area contributed by atoms with Gasteiger partial charge in [-0.2, -0.15) is 0 Å². The molecule has 0 aliphatic carbocycles. The Bertz CT molecular complexity index is 205. The van der Waals surface area contributed by atoms with Crippen LogP contribution in [0.3, 0.4) is 0 Å². The van der Waals surface area contributed by atoms with Gasteiger partial charge in [-0.25, -0.2) is 0 Å². The van der Waals surface area contributed by atoms with Gasteiger partial charge in [-0.05, 0) is 13.8 Å². The Morgan fingerprint density at radius 2 is 2.00 bits per heavy atom. The van der Waals surface area contributed by atoms with Crippen molar-refractivity contribution in [3.8, 4) is 0 Å². The lowest BCUT2D eigenvalue weighted by Crippen LogP contribution is -2.35. The molecule has 0 aromatic rings. The smallest absolute Gasteiger partial charge is 0.193 e. The van der Waals surface area contributed by atoms with E-state index in [1.807, 2.05) is 0 Å². The predicted octanol–water partition coefficient (Wildman–Crippen LogP) is -0.172. The molecule has 0 radical (unpaired) electrons. The van der Waals surface area contributed by atoms with Gasteiger partial charge in [-0.3, -0.25) is 0 Å². The largest absolute Gasteiger partial charge is 0.385 e. The fraction of sp³-hybridized carbons (Fsp3) is 1.00. The first kappa shape index (κ1) is 9.36. The number of aliphatic hydroxyl groups is 1. The van der Waals surface area contributed by atoms with Gasteiger partial charge in [0, 0.05) is 7.11 Å². The van der Waals surface area contributed by atoms with Crippen LogP contribution in [0.25, 0.3) is 0 Å². The molecule has 2 saturated heterocycles. The van der Waals surface area contributed by atoms with Crippen molar-refractivity contribution in [2.45, 2.75) is 44.4 Å². The van der Waals surface area contributed by atoms with E-state index in [0.717, 1.165) is 0 Å². The first-order chi connectivity index (χ1) is 6.03. The highest BCUT2D eigenvalue weighted by atomic mass is 16.9. The number of methoxy groups -OCH3 is 1. The minimum absolute atomic E-state index is 0.444. The summed E-state index contributed by atoms with van der Waals surface area (Å²) in [6.07, 6.45) is -2.39. The van der Waals surface area contributed by atoms with Crippen LogP contribution < -0.4 is 0 Å². The molecule has 3 unspecified atom stereocenters. The second-order valence-corrected chi connectivity index (χ2v) is 3.70. The molecule has 5 nitrogen and oxygen atoms in total. The van der Waals surface area contributed by atoms with Gasteiger partial charge in [-0.15, -0.1) is 0 Å². The van der Waals surface area contributed by atoms with Gasteiger partial charge in [-0.1, -0.05) is 0 Å². The summed E-state index contributed by atoms with van der Waals surface area (Å²) in [5, 5.41) is 9.64. The van der Waals surface area contributed by atoms with Crippen LogP contribution in [0, 0.1) is 0 Å². The highest BCUT2D eigenvalue weighted by Gasteiger charge is 2.54. The van der Waals surface area contributed by atoms with E-state index in [9.17, 15) is 5.11 Å². The van der Waals surface area contributed by atoms with Crippen molar-refractivity contribution in [2.24, 2.45) is 0 Å². The van der Waals surface area contributed by atoms with Crippen molar-refractivity contribution in [1.82, 2.24) is 0 Å². The Morgan fingerprint density at radius 3 is 2.54 bits per heavy atom. The highest BCUT2D eigenvalue weighted by Crippen LogP contribution is 2.37. The Balaban J connectivity index is 2.07. The zero-order valence-corrected chi connectivity index (χ0v) is 7.89. The van der Waals surface area contributed by atoms with Crippen molar-refractivity contribution in [1.29, 1.82) is 0 Å². The monoisotopic (exact) mass is 190 g/mol. The highest BCUT2D eigenvalue weighted by molar-refractivity contribution is 4.89. The van der Waals surface area contributed by atoms with Crippen LogP contribution in [0.4, 0.5) is 0 Å². The number of aliphatic hydroxyl groups excluding tert-OH is 1. The molecular weight excluding hydrogens is 176 g/mol. The van der Waals surface area contributed by atoms with E-state index in [4.69, 9.17) is 18.9 Å². The first-order valence-corrected chi connectivity index (χ1v) is 4.25. The van der Waals surface area contributed by atoms with E-state index in [0.29, 0.717) is 0 Å². The fourth-order valence-electron chi connectivity index (χ4n) is 1.66. The molecule has 4 atom stereocenters. The second kappa shape index (κ2) is 2.90. The van der Waals surface area contributed by atoms with Crippen LogP contribution in [-0.4, -0.2) is 42.8 Å². The minimum atomic E-state index is -0.781. The van der Waals surface area contributed by atoms with Gasteiger partial charge in [0.25, 0.3) is 0 Å². The summed E-state index contributed by atoms with van der Waals surface area (Å²) < 4.78 is 21.0. The molecule has 0 aromatic heterocycles. The Kier molecular flexibility index (Phi) is 2.08. The maximum absolute atomic E-state index is 9.64. The summed E-state index contributed by atoms with van der Waals surface area (Å²) >= 11 is 0. The molecule has 1 N–H and O–H groups in total. The minimum Gasteiger partial charge on any atom is -0.385 e. The van der Waals surface area contributed by atoms with Crippen molar-refractivity contribution in [3.63, 3.8) is 0 Å². The topological polar surface area (TPSA) is 57.2 Å². The van der Waals surface area contributed by atoms with Crippen LogP contribution in [-0.2, 0) is 18.9 Å². The average Bonchev–Trinajstić information content (AvgIpc) is 2.47. The maximum atomic E-state index is 9.64. The van der Waals surface area contributed by atoms with Crippen molar-refractivity contribution >= 4 is 0 Å². The summed E-state index contributed by atoms with van der Waals surface area (Å²) in [4.78, 5) is 0. The molecule has 0 saturated carbocycles. The third-order valence-corrected chi connectivity index (χ3v) is 2.20. The van der Waals surface area contributed by atoms with Crippen LogP contribution in [0.1, 0.15) is 13.8 Å². The first-order valence-electron chi connectivity index (χ1n) is 4.25. The van der Waals surface area contributed by atoms with Gasteiger partial charge in [0.2, 0.25) is 0 Å². The summed E-state index contributed by atoms with van der Waals surface area (Å²) in [6.45, 7) is 3.56. The number of ether oxygens (including phenoxy) is 4. The molecule has 2 heterocycles. The summed E-state index contributed by atoms with van der Waals surface area (Å²) in [5.74, 6) is -0.685. The van der Waals surface area contributed by atoms with Gasteiger partial charge in [0.15, 0.2) is 18.4 Å². The van der Waals surface area contributed by atoms with E-state index >= 15 is 0 Å². The normalized spacial score (nSPS) is 48.0. The fourth-order valence-corrected chi connectivity index (χ4v) is 1.66. The third kappa shape index (κ3) is 1.47. The number of rotatable bonds is 1. The summed E-state index contributed by atoms with van der Waals surface area (Å²) in [7, 11) is 1.47. The van der Waals surface area contributed by atoms with E-state index < -0.39 is 30.6 Å². The van der Waals surface area contributed by atoms with Gasteiger partial charge >= 0.3 is 0 Å². The SMILES string of the molecule is COC1OC2OC(C)(C)OC2[C@H]1O. The van der Waals surface area contributed by atoms with Crippen LogP contribution in [0.5, 0.6) is 0 Å². The average molecular weight is 190 g/mol. The molecule has 5 heteroatoms. The Labute approximate surface area is 76.5 Å². The lowest BCUT2D eigenvalue weighted by molar-refractivity contribution is -0.255. The summed E-state index contributed by atoms with van der Waals surface area (Å²) in [6, 6.07) is 0.